The van der Waals surface area contributed by atoms with Crippen LogP contribution < -0.4 is 19.9 Å². The predicted octanol–water partition coefficient (Wildman–Crippen LogP) is 4.79. The molecule has 2 fully saturated rings. The SMILES string of the molecule is C=CC(=O)N1CCN(c2nc(N3CC(N(C)C)C3)nc3c4c(c(Cl)cc23)-c2c(F)c(Cl)cc(Cl)c2NCCO4)CC1. The van der Waals surface area contributed by atoms with Gasteiger partial charge < -0.3 is 29.7 Å². The number of anilines is 3. The summed E-state index contributed by atoms with van der Waals surface area (Å²) in [7, 11) is 4.10. The molecule has 216 valence electrons. The van der Waals surface area contributed by atoms with Crippen LogP contribution in [0.2, 0.25) is 15.1 Å². The van der Waals surface area contributed by atoms with Gasteiger partial charge in [0.1, 0.15) is 17.9 Å². The molecule has 0 aliphatic carbocycles. The average Bonchev–Trinajstić information content (AvgIpc) is 2.90. The van der Waals surface area contributed by atoms with Crippen molar-refractivity contribution < 1.29 is 13.9 Å². The van der Waals surface area contributed by atoms with E-state index in [4.69, 9.17) is 49.5 Å². The van der Waals surface area contributed by atoms with E-state index in [9.17, 15) is 4.79 Å². The zero-order chi connectivity index (χ0) is 29.0. The van der Waals surface area contributed by atoms with Gasteiger partial charge in [0.2, 0.25) is 11.9 Å². The first-order valence-electron chi connectivity index (χ1n) is 13.3. The van der Waals surface area contributed by atoms with Crippen LogP contribution in [-0.4, -0.2) is 98.2 Å². The van der Waals surface area contributed by atoms with Gasteiger partial charge in [-0.05, 0) is 32.3 Å². The van der Waals surface area contributed by atoms with Crippen LogP contribution in [0, 0.1) is 5.82 Å². The van der Waals surface area contributed by atoms with Crippen LogP contribution in [0.25, 0.3) is 22.0 Å². The largest absolute Gasteiger partial charge is 0.489 e. The van der Waals surface area contributed by atoms with Gasteiger partial charge in [-0.2, -0.15) is 4.98 Å². The number of piperazine rings is 1. The fourth-order valence-electron chi connectivity index (χ4n) is 5.48. The number of likely N-dealkylation sites (N-methyl/N-ethyl adjacent to an activating group) is 1. The quantitative estimate of drug-likeness (QED) is 0.330. The lowest BCUT2D eigenvalue weighted by molar-refractivity contribution is -0.126. The van der Waals surface area contributed by atoms with E-state index in [1.165, 1.54) is 12.1 Å². The highest BCUT2D eigenvalue weighted by Gasteiger charge is 2.34. The summed E-state index contributed by atoms with van der Waals surface area (Å²) in [5.74, 6) is 0.830. The summed E-state index contributed by atoms with van der Waals surface area (Å²) in [6.45, 7) is 7.96. The molecule has 3 aliphatic heterocycles. The molecule has 2 saturated heterocycles. The van der Waals surface area contributed by atoms with Gasteiger partial charge in [0.05, 0.1) is 20.8 Å². The van der Waals surface area contributed by atoms with Crippen molar-refractivity contribution in [2.75, 3.05) is 81.6 Å². The zero-order valence-electron chi connectivity index (χ0n) is 22.7. The van der Waals surface area contributed by atoms with Crippen LogP contribution in [0.5, 0.6) is 5.75 Å². The maximum Gasteiger partial charge on any atom is 0.246 e. The molecule has 13 heteroatoms. The van der Waals surface area contributed by atoms with Crippen LogP contribution in [0.3, 0.4) is 0 Å². The van der Waals surface area contributed by atoms with E-state index in [0.717, 1.165) is 13.1 Å². The standard InChI is InChI=1S/C28H29Cl3FN7O2/c1-4-20(40)37-6-8-38(9-7-37)27-16-11-17(29)21-22-23(32)18(30)12-19(31)25(22)33-5-10-41-26(21)24(16)34-28(35-27)39-13-15(14-39)36(2)3/h4,11-12,15,33H,1,5-10,13-14H2,2-3H3. The number of nitrogens with zero attached hydrogens (tertiary/aromatic N) is 6. The summed E-state index contributed by atoms with van der Waals surface area (Å²) < 4.78 is 22.0. The molecular weight excluding hydrogens is 592 g/mol. The molecule has 1 amide bonds. The highest BCUT2D eigenvalue weighted by Crippen LogP contribution is 2.50. The first kappa shape index (κ1) is 28.1. The van der Waals surface area contributed by atoms with E-state index >= 15 is 4.39 Å². The van der Waals surface area contributed by atoms with Crippen LogP contribution in [0.4, 0.5) is 21.8 Å². The van der Waals surface area contributed by atoms with Crippen LogP contribution in [0.15, 0.2) is 24.8 Å². The van der Waals surface area contributed by atoms with Gasteiger partial charge in [-0.3, -0.25) is 4.79 Å². The first-order chi connectivity index (χ1) is 19.7. The second-order valence-corrected chi connectivity index (χ2v) is 11.7. The van der Waals surface area contributed by atoms with Crippen molar-refractivity contribution in [3.8, 4) is 16.9 Å². The minimum atomic E-state index is -0.652. The van der Waals surface area contributed by atoms with E-state index in [0.29, 0.717) is 78.4 Å². The lowest BCUT2D eigenvalue weighted by Gasteiger charge is -2.43. The lowest BCUT2D eigenvalue weighted by atomic mass is 9.98. The Morgan fingerprint density at radius 3 is 2.49 bits per heavy atom. The molecule has 2 aromatic carbocycles. The molecule has 0 radical (unpaired) electrons. The monoisotopic (exact) mass is 619 g/mol. The molecule has 0 unspecified atom stereocenters. The Bertz CT molecular complexity index is 1560. The number of carbonyl (C=O) groups is 1. The Morgan fingerprint density at radius 1 is 1.07 bits per heavy atom. The molecule has 3 aromatic rings. The molecule has 6 rings (SSSR count). The zero-order valence-corrected chi connectivity index (χ0v) is 25.0. The van der Waals surface area contributed by atoms with Crippen LogP contribution >= 0.6 is 34.8 Å². The predicted molar refractivity (Wildman–Crippen MR) is 163 cm³/mol. The van der Waals surface area contributed by atoms with Gasteiger partial charge in [-0.15, -0.1) is 0 Å². The molecule has 41 heavy (non-hydrogen) atoms. The molecule has 1 aromatic heterocycles. The average molecular weight is 621 g/mol. The number of carbonyl (C=O) groups excluding carboxylic acids is 1. The van der Waals surface area contributed by atoms with Crippen LogP contribution in [0.1, 0.15) is 0 Å². The fraction of sp³-hybridized carbons (Fsp3) is 0.393. The van der Waals surface area contributed by atoms with E-state index in [1.807, 2.05) is 14.1 Å². The number of hydrogen-bond acceptors (Lipinski definition) is 8. The number of ether oxygens (including phenoxy) is 1. The topological polar surface area (TPSA) is 77.1 Å². The third-order valence-electron chi connectivity index (χ3n) is 7.88. The maximum atomic E-state index is 15.7. The van der Waals surface area contributed by atoms with E-state index < -0.39 is 5.82 Å². The number of aromatic nitrogens is 2. The summed E-state index contributed by atoms with van der Waals surface area (Å²) in [6.07, 6.45) is 1.33. The van der Waals surface area contributed by atoms with Crippen LogP contribution in [-0.2, 0) is 4.79 Å². The number of benzene rings is 2. The number of fused-ring (bicyclic) bond motifs is 5. The lowest BCUT2D eigenvalue weighted by Crippen LogP contribution is -2.58. The number of rotatable bonds is 4. The highest BCUT2D eigenvalue weighted by molar-refractivity contribution is 6.39. The van der Waals surface area contributed by atoms with Crippen molar-refractivity contribution in [2.24, 2.45) is 0 Å². The summed E-state index contributed by atoms with van der Waals surface area (Å²) >= 11 is 19.7. The molecule has 0 saturated carbocycles. The highest BCUT2D eigenvalue weighted by atomic mass is 35.5. The Morgan fingerprint density at radius 2 is 1.80 bits per heavy atom. The number of amides is 1. The van der Waals surface area contributed by atoms with Gasteiger partial charge >= 0.3 is 0 Å². The minimum Gasteiger partial charge on any atom is -0.489 e. The van der Waals surface area contributed by atoms with E-state index in [2.05, 4.69) is 26.6 Å². The molecule has 9 nitrogen and oxygen atoms in total. The summed E-state index contributed by atoms with van der Waals surface area (Å²) in [5.41, 5.74) is 1.38. The van der Waals surface area contributed by atoms with Gasteiger partial charge in [0, 0.05) is 68.4 Å². The van der Waals surface area contributed by atoms with E-state index in [1.54, 1.807) is 11.0 Å². The fourth-order valence-corrected chi connectivity index (χ4v) is 6.30. The van der Waals surface area contributed by atoms with Crippen molar-refractivity contribution in [3.05, 3.63) is 45.7 Å². The summed E-state index contributed by atoms with van der Waals surface area (Å²) in [4.78, 5) is 30.4. The van der Waals surface area contributed by atoms with Crippen molar-refractivity contribution >= 4 is 69.1 Å². The second kappa shape index (κ2) is 11.0. The molecule has 0 bridgehead atoms. The maximum absolute atomic E-state index is 15.7. The van der Waals surface area contributed by atoms with Gasteiger partial charge in [0.25, 0.3) is 0 Å². The van der Waals surface area contributed by atoms with E-state index in [-0.39, 0.29) is 33.1 Å². The Balaban J connectivity index is 1.55. The first-order valence-corrected chi connectivity index (χ1v) is 14.5. The van der Waals surface area contributed by atoms with Crippen molar-refractivity contribution in [1.29, 1.82) is 0 Å². The second-order valence-electron chi connectivity index (χ2n) is 10.5. The van der Waals surface area contributed by atoms with Gasteiger partial charge in [-0.1, -0.05) is 41.4 Å². The molecular formula is C28H29Cl3FN7O2. The third-order valence-corrected chi connectivity index (χ3v) is 8.75. The molecule has 0 atom stereocenters. The summed E-state index contributed by atoms with van der Waals surface area (Å²) in [5, 5.41) is 4.24. The Labute approximate surface area is 252 Å². The number of nitrogens with one attached hydrogen (secondary N) is 1. The Kier molecular flexibility index (Phi) is 7.52. The Hall–Kier alpha value is -3.05. The molecule has 0 spiro atoms. The number of hydrogen-bond donors (Lipinski definition) is 1. The number of halogens is 4. The third kappa shape index (κ3) is 4.90. The molecule has 1 N–H and O–H groups in total. The molecule has 4 heterocycles. The molecule has 3 aliphatic rings. The van der Waals surface area contributed by atoms with Gasteiger partial charge in [0.15, 0.2) is 11.6 Å². The summed E-state index contributed by atoms with van der Waals surface area (Å²) in [6, 6.07) is 3.50. The van der Waals surface area contributed by atoms with Crippen molar-refractivity contribution in [3.63, 3.8) is 0 Å². The van der Waals surface area contributed by atoms with Crippen molar-refractivity contribution in [2.45, 2.75) is 6.04 Å². The normalized spacial score (nSPS) is 17.3. The van der Waals surface area contributed by atoms with Crippen molar-refractivity contribution in [1.82, 2.24) is 19.8 Å². The smallest absolute Gasteiger partial charge is 0.246 e. The van der Waals surface area contributed by atoms with Gasteiger partial charge in [-0.25, -0.2) is 9.37 Å². The minimum absolute atomic E-state index is 0.0994.